The summed E-state index contributed by atoms with van der Waals surface area (Å²) in [6, 6.07) is 23.5. The van der Waals surface area contributed by atoms with Crippen LogP contribution >= 0.6 is 0 Å². The number of hydrogen-bond acceptors (Lipinski definition) is 4. The highest BCUT2D eigenvalue weighted by Gasteiger charge is 2.21. The minimum absolute atomic E-state index is 0.0819. The molecule has 1 saturated carbocycles. The van der Waals surface area contributed by atoms with Crippen LogP contribution in [0.5, 0.6) is 11.5 Å². The minimum Gasteiger partial charge on any atom is -0.493 e. The van der Waals surface area contributed by atoms with E-state index in [4.69, 9.17) is 9.47 Å². The Balaban J connectivity index is 1.39. The Bertz CT molecular complexity index is 1350. The number of carbonyl (C=O) groups excluding carboxylic acids is 1. The van der Waals surface area contributed by atoms with E-state index in [1.54, 1.807) is 31.6 Å². The van der Waals surface area contributed by atoms with Crippen LogP contribution in [-0.4, -0.2) is 29.0 Å². The van der Waals surface area contributed by atoms with Crippen LogP contribution < -0.4 is 9.47 Å². The van der Waals surface area contributed by atoms with Crippen LogP contribution in [0, 0.1) is 5.82 Å². The van der Waals surface area contributed by atoms with Crippen molar-refractivity contribution in [1.29, 1.82) is 0 Å². The van der Waals surface area contributed by atoms with E-state index in [0.29, 0.717) is 24.4 Å². The van der Waals surface area contributed by atoms with Gasteiger partial charge < -0.3 is 14.4 Å². The van der Waals surface area contributed by atoms with Gasteiger partial charge in [0.2, 0.25) is 0 Å². The van der Waals surface area contributed by atoms with Crippen molar-refractivity contribution in [2.75, 3.05) is 7.11 Å². The predicted octanol–water partition coefficient (Wildman–Crippen LogP) is 7.06. The molecule has 5 rings (SSSR count). The van der Waals surface area contributed by atoms with E-state index >= 15 is 0 Å². The van der Waals surface area contributed by atoms with E-state index in [9.17, 15) is 9.18 Å². The molecular weight excluding hydrogens is 479 g/mol. The Hall–Kier alpha value is -4.19. The van der Waals surface area contributed by atoms with Crippen molar-refractivity contribution in [3.63, 3.8) is 0 Å². The number of carbonyl (C=O) groups is 1. The van der Waals surface area contributed by atoms with Gasteiger partial charge in [0.05, 0.1) is 13.2 Å². The summed E-state index contributed by atoms with van der Waals surface area (Å²) >= 11 is 0. The lowest BCUT2D eigenvalue weighted by Crippen LogP contribution is -2.30. The predicted molar refractivity (Wildman–Crippen MR) is 146 cm³/mol. The van der Waals surface area contributed by atoms with Gasteiger partial charge >= 0.3 is 0 Å². The van der Waals surface area contributed by atoms with Crippen molar-refractivity contribution < 1.29 is 18.7 Å². The smallest absolute Gasteiger partial charge is 0.254 e. The highest BCUT2D eigenvalue weighted by molar-refractivity contribution is 5.94. The summed E-state index contributed by atoms with van der Waals surface area (Å²) in [5, 5.41) is 0. The van der Waals surface area contributed by atoms with Crippen molar-refractivity contribution in [3.8, 4) is 22.6 Å². The number of aromatic nitrogens is 1. The largest absolute Gasteiger partial charge is 0.493 e. The third-order valence-corrected chi connectivity index (χ3v) is 6.92. The second-order valence-electron chi connectivity index (χ2n) is 9.61. The van der Waals surface area contributed by atoms with E-state index < -0.39 is 0 Å². The summed E-state index contributed by atoms with van der Waals surface area (Å²) in [6.45, 7) is 0.845. The van der Waals surface area contributed by atoms with Crippen molar-refractivity contribution in [2.24, 2.45) is 0 Å². The van der Waals surface area contributed by atoms with E-state index in [1.165, 1.54) is 25.0 Å². The van der Waals surface area contributed by atoms with Crippen LogP contribution in [0.15, 0.2) is 91.3 Å². The first-order valence-corrected chi connectivity index (χ1v) is 13.0. The fourth-order valence-corrected chi connectivity index (χ4v) is 4.86. The number of rotatable bonds is 9. The molecule has 1 amide bonds. The molecule has 1 heterocycles. The molecular formula is C32H31FN2O3. The average molecular weight is 511 g/mol. The molecule has 3 aromatic carbocycles. The Morgan fingerprint density at radius 2 is 1.47 bits per heavy atom. The fraction of sp³-hybridized carbons (Fsp3) is 0.250. The number of halogens is 1. The Kier molecular flexibility index (Phi) is 7.98. The number of nitrogens with zero attached hydrogens (tertiary/aromatic N) is 2. The average Bonchev–Trinajstić information content (AvgIpc) is 3.47. The number of amides is 1. The summed E-state index contributed by atoms with van der Waals surface area (Å²) in [7, 11) is 1.64. The highest BCUT2D eigenvalue weighted by Crippen LogP contribution is 2.33. The van der Waals surface area contributed by atoms with Gasteiger partial charge in [-0.25, -0.2) is 4.39 Å². The van der Waals surface area contributed by atoms with Gasteiger partial charge in [-0.15, -0.1) is 0 Å². The van der Waals surface area contributed by atoms with Gasteiger partial charge in [-0.3, -0.25) is 9.78 Å². The van der Waals surface area contributed by atoms with Crippen molar-refractivity contribution >= 4 is 5.91 Å². The van der Waals surface area contributed by atoms with E-state index in [0.717, 1.165) is 40.8 Å². The van der Waals surface area contributed by atoms with Gasteiger partial charge in [0.1, 0.15) is 5.82 Å². The van der Waals surface area contributed by atoms with Gasteiger partial charge in [-0.05, 0) is 96.5 Å². The van der Waals surface area contributed by atoms with Crippen LogP contribution in [0.4, 0.5) is 4.39 Å². The first-order valence-electron chi connectivity index (χ1n) is 13.0. The molecule has 1 aliphatic rings. The number of methoxy groups -OCH3 is 1. The molecule has 1 aromatic heterocycles. The van der Waals surface area contributed by atoms with E-state index in [1.807, 2.05) is 59.5 Å². The Morgan fingerprint density at radius 3 is 2.13 bits per heavy atom. The molecule has 0 radical (unpaired) electrons. The second kappa shape index (κ2) is 11.9. The maximum absolute atomic E-state index is 13.7. The Morgan fingerprint density at radius 1 is 0.842 bits per heavy atom. The summed E-state index contributed by atoms with van der Waals surface area (Å²) in [5.74, 6) is 1.06. The zero-order valence-corrected chi connectivity index (χ0v) is 21.5. The molecule has 4 aromatic rings. The molecule has 194 valence electrons. The molecule has 0 bridgehead atoms. The van der Waals surface area contributed by atoms with Crippen LogP contribution in [0.1, 0.15) is 47.2 Å². The highest BCUT2D eigenvalue weighted by atomic mass is 19.1. The second-order valence-corrected chi connectivity index (χ2v) is 9.61. The normalized spacial score (nSPS) is 13.3. The molecule has 0 unspecified atom stereocenters. The lowest BCUT2D eigenvalue weighted by atomic mass is 10.0. The van der Waals surface area contributed by atoms with Crippen molar-refractivity contribution in [2.45, 2.75) is 44.9 Å². The van der Waals surface area contributed by atoms with Crippen molar-refractivity contribution in [3.05, 3.63) is 114 Å². The number of pyridine rings is 1. The fourth-order valence-electron chi connectivity index (χ4n) is 4.86. The topological polar surface area (TPSA) is 51.7 Å². The third-order valence-electron chi connectivity index (χ3n) is 6.92. The summed E-state index contributed by atoms with van der Waals surface area (Å²) < 4.78 is 25.2. The lowest BCUT2D eigenvalue weighted by Gasteiger charge is -2.24. The van der Waals surface area contributed by atoms with Crippen LogP contribution in [0.3, 0.4) is 0 Å². The molecule has 0 atom stereocenters. The first-order chi connectivity index (χ1) is 18.6. The van der Waals surface area contributed by atoms with Gasteiger partial charge in [0.25, 0.3) is 5.91 Å². The molecule has 0 N–H and O–H groups in total. The summed E-state index contributed by atoms with van der Waals surface area (Å²) in [6.07, 6.45) is 8.13. The third kappa shape index (κ3) is 6.20. The van der Waals surface area contributed by atoms with Crippen LogP contribution in [-0.2, 0) is 13.1 Å². The van der Waals surface area contributed by atoms with Crippen LogP contribution in [0.25, 0.3) is 11.1 Å². The molecule has 6 heteroatoms. The maximum atomic E-state index is 13.7. The van der Waals surface area contributed by atoms with Gasteiger partial charge in [-0.1, -0.05) is 30.3 Å². The molecule has 38 heavy (non-hydrogen) atoms. The molecule has 5 nitrogen and oxygen atoms in total. The van der Waals surface area contributed by atoms with Gasteiger partial charge in [0, 0.05) is 31.0 Å². The van der Waals surface area contributed by atoms with Crippen LogP contribution in [0.2, 0.25) is 0 Å². The number of benzene rings is 3. The van der Waals surface area contributed by atoms with Gasteiger partial charge in [-0.2, -0.15) is 0 Å². The maximum Gasteiger partial charge on any atom is 0.254 e. The minimum atomic E-state index is -0.275. The zero-order chi connectivity index (χ0) is 26.3. The Labute approximate surface area is 222 Å². The lowest BCUT2D eigenvalue weighted by molar-refractivity contribution is 0.0729. The standard InChI is InChI=1S/C32H31FN2O3/c1-37-30-15-6-24(20-31(30)38-29-4-2-3-5-29)22-35(21-23-16-18-34-19-17-23)32(36)27-9-7-25(8-10-27)26-11-13-28(33)14-12-26/h6-20,29H,2-5,21-22H2,1H3. The molecule has 1 aliphatic carbocycles. The number of hydrogen-bond donors (Lipinski definition) is 0. The quantitative estimate of drug-likeness (QED) is 0.242. The van der Waals surface area contributed by atoms with Gasteiger partial charge in [0.15, 0.2) is 11.5 Å². The SMILES string of the molecule is COc1ccc(CN(Cc2ccncc2)C(=O)c2ccc(-c3ccc(F)cc3)cc2)cc1OC1CCCC1. The van der Waals surface area contributed by atoms with E-state index in [-0.39, 0.29) is 17.8 Å². The first kappa shape index (κ1) is 25.5. The number of ether oxygens (including phenoxy) is 2. The molecule has 0 spiro atoms. The van der Waals surface area contributed by atoms with Crippen molar-refractivity contribution in [1.82, 2.24) is 9.88 Å². The molecule has 0 saturated heterocycles. The molecule has 0 aliphatic heterocycles. The molecule has 1 fully saturated rings. The monoisotopic (exact) mass is 510 g/mol. The summed E-state index contributed by atoms with van der Waals surface area (Å²) in [4.78, 5) is 19.7. The van der Waals surface area contributed by atoms with E-state index in [2.05, 4.69) is 4.98 Å². The zero-order valence-electron chi connectivity index (χ0n) is 21.5. The summed E-state index contributed by atoms with van der Waals surface area (Å²) in [5.41, 5.74) is 4.36.